The first-order valence-electron chi connectivity index (χ1n) is 4.58. The summed E-state index contributed by atoms with van der Waals surface area (Å²) >= 11 is 0. The minimum Gasteiger partial charge on any atom is -0.396 e. The first-order chi connectivity index (χ1) is 6.63. The maximum Gasteiger partial charge on any atom is 0.184 e. The second-order valence-corrected chi connectivity index (χ2v) is 3.88. The van der Waals surface area contributed by atoms with Crippen molar-refractivity contribution < 1.29 is 24.9 Å². The Morgan fingerprint density at radius 2 is 2.21 bits per heavy atom. The van der Waals surface area contributed by atoms with E-state index < -0.39 is 18.0 Å². The minimum absolute atomic E-state index is 0.171. The van der Waals surface area contributed by atoms with Crippen molar-refractivity contribution in [2.75, 3.05) is 26.8 Å². The number of fused-ring (bicyclic) bond motifs is 2. The number of aliphatic hydroxyl groups excluding tert-OH is 3. The van der Waals surface area contributed by atoms with Crippen LogP contribution in [0.25, 0.3) is 0 Å². The molecule has 82 valence electrons. The van der Waals surface area contributed by atoms with Gasteiger partial charge < -0.3 is 20.1 Å². The van der Waals surface area contributed by atoms with Crippen LogP contribution in [0.15, 0.2) is 0 Å². The van der Waals surface area contributed by atoms with Gasteiger partial charge in [0, 0.05) is 13.0 Å². The molecule has 0 aromatic rings. The molecule has 2 heterocycles. The molecule has 2 fully saturated rings. The molecular weight excluding hydrogens is 190 g/mol. The largest absolute Gasteiger partial charge is 0.396 e. The molecule has 0 saturated carbocycles. The zero-order valence-electron chi connectivity index (χ0n) is 7.96. The van der Waals surface area contributed by atoms with Crippen LogP contribution in [0.1, 0.15) is 0 Å². The highest BCUT2D eigenvalue weighted by Crippen LogP contribution is 2.41. The molecule has 0 aromatic carbocycles. The quantitative estimate of drug-likeness (QED) is 0.480. The van der Waals surface area contributed by atoms with E-state index in [0.29, 0.717) is 6.54 Å². The third kappa shape index (κ3) is 1.27. The second kappa shape index (κ2) is 3.41. The van der Waals surface area contributed by atoms with E-state index in [9.17, 15) is 15.3 Å². The lowest BCUT2D eigenvalue weighted by Crippen LogP contribution is -2.56. The van der Waals surface area contributed by atoms with Crippen molar-refractivity contribution in [3.05, 3.63) is 0 Å². The molecule has 4 atom stereocenters. The number of rotatable bonds is 2. The van der Waals surface area contributed by atoms with E-state index in [1.165, 1.54) is 5.06 Å². The fourth-order valence-corrected chi connectivity index (χ4v) is 2.27. The molecule has 6 heteroatoms. The molecule has 2 aliphatic heterocycles. The fraction of sp³-hybridized carbons (Fsp3) is 1.00. The highest BCUT2D eigenvalue weighted by molar-refractivity contribution is 5.02. The Balaban J connectivity index is 2.27. The number of ether oxygens (including phenoxy) is 1. The normalized spacial score (nSPS) is 48.4. The zero-order chi connectivity index (χ0) is 10.3. The minimum atomic E-state index is -1.08. The van der Waals surface area contributed by atoms with Crippen molar-refractivity contribution in [3.8, 4) is 0 Å². The molecule has 0 amide bonds. The molecule has 0 aromatic heterocycles. The predicted molar refractivity (Wildman–Crippen MR) is 45.0 cm³/mol. The van der Waals surface area contributed by atoms with Crippen LogP contribution in [-0.4, -0.2) is 65.2 Å². The Hall–Kier alpha value is -0.240. The highest BCUT2D eigenvalue weighted by atomic mass is 16.7. The number of nitrogens with zero attached hydrogens (tertiary/aromatic N) is 1. The summed E-state index contributed by atoms with van der Waals surface area (Å²) in [7, 11) is 1.70. The van der Waals surface area contributed by atoms with E-state index in [1.54, 1.807) is 7.05 Å². The van der Waals surface area contributed by atoms with Crippen LogP contribution in [0.2, 0.25) is 0 Å². The number of aliphatic hydroxyl groups is 3. The third-order valence-corrected chi connectivity index (χ3v) is 2.97. The first-order valence-corrected chi connectivity index (χ1v) is 4.58. The predicted octanol–water partition coefficient (Wildman–Crippen LogP) is -2.08. The van der Waals surface area contributed by atoms with E-state index in [1.807, 2.05) is 0 Å². The fourth-order valence-electron chi connectivity index (χ4n) is 2.27. The second-order valence-electron chi connectivity index (χ2n) is 3.88. The van der Waals surface area contributed by atoms with Crippen LogP contribution in [0.5, 0.6) is 0 Å². The molecule has 2 aliphatic rings. The third-order valence-electron chi connectivity index (χ3n) is 2.97. The van der Waals surface area contributed by atoms with Gasteiger partial charge in [-0.05, 0) is 0 Å². The van der Waals surface area contributed by atoms with Crippen molar-refractivity contribution in [2.24, 2.45) is 5.92 Å². The van der Waals surface area contributed by atoms with Crippen molar-refractivity contribution in [3.63, 3.8) is 0 Å². The topological polar surface area (TPSA) is 82.4 Å². The number of likely N-dealkylation sites (N-methyl/N-ethyl adjacent to an activating group) is 1. The molecule has 2 saturated heterocycles. The molecule has 2 unspecified atom stereocenters. The molecular formula is C8H15NO5. The molecule has 0 spiro atoms. The first kappa shape index (κ1) is 10.3. The zero-order valence-corrected chi connectivity index (χ0v) is 7.96. The molecule has 0 aliphatic carbocycles. The van der Waals surface area contributed by atoms with Gasteiger partial charge in [0.05, 0.1) is 19.8 Å². The summed E-state index contributed by atoms with van der Waals surface area (Å²) in [5, 5.41) is 29.5. The maximum atomic E-state index is 9.52. The Morgan fingerprint density at radius 3 is 2.79 bits per heavy atom. The summed E-state index contributed by atoms with van der Waals surface area (Å²) in [6.45, 7) is -0.0715. The highest BCUT2D eigenvalue weighted by Gasteiger charge is 2.59. The van der Waals surface area contributed by atoms with Crippen LogP contribution >= 0.6 is 0 Å². The van der Waals surface area contributed by atoms with Gasteiger partial charge in [-0.15, -0.1) is 0 Å². The number of hydrogen-bond donors (Lipinski definition) is 3. The average molecular weight is 205 g/mol. The lowest BCUT2D eigenvalue weighted by atomic mass is 9.85. The van der Waals surface area contributed by atoms with Crippen LogP contribution < -0.4 is 0 Å². The molecule has 6 nitrogen and oxygen atoms in total. The van der Waals surface area contributed by atoms with E-state index in [0.717, 1.165) is 0 Å². The molecule has 2 bridgehead atoms. The summed E-state index contributed by atoms with van der Waals surface area (Å²) in [6.07, 6.45) is -1.67. The average Bonchev–Trinajstić information content (AvgIpc) is 2.32. The van der Waals surface area contributed by atoms with Gasteiger partial charge in [0.1, 0.15) is 11.7 Å². The summed E-state index contributed by atoms with van der Waals surface area (Å²) in [5.74, 6) is -0.376. The van der Waals surface area contributed by atoms with Crippen molar-refractivity contribution >= 4 is 0 Å². The SMILES string of the molecule is CN1C[C@]2(CO)O[C@@H](O)C(O1)C2CO. The van der Waals surface area contributed by atoms with E-state index in [-0.39, 0.29) is 19.1 Å². The Bertz CT molecular complexity index is 222. The Kier molecular flexibility index (Phi) is 2.50. The van der Waals surface area contributed by atoms with Crippen molar-refractivity contribution in [1.29, 1.82) is 0 Å². The monoisotopic (exact) mass is 205 g/mol. The van der Waals surface area contributed by atoms with Crippen molar-refractivity contribution in [2.45, 2.75) is 18.0 Å². The van der Waals surface area contributed by atoms with E-state index >= 15 is 0 Å². The summed E-state index contributed by atoms with van der Waals surface area (Å²) in [5.41, 5.74) is -0.897. The number of hydroxylamine groups is 2. The van der Waals surface area contributed by atoms with Gasteiger partial charge in [-0.1, -0.05) is 0 Å². The number of hydrogen-bond acceptors (Lipinski definition) is 6. The van der Waals surface area contributed by atoms with Gasteiger partial charge in [-0.25, -0.2) is 0 Å². The van der Waals surface area contributed by atoms with Crippen LogP contribution in [0.4, 0.5) is 0 Å². The molecule has 0 radical (unpaired) electrons. The van der Waals surface area contributed by atoms with Gasteiger partial charge in [0.2, 0.25) is 0 Å². The maximum absolute atomic E-state index is 9.52. The lowest BCUT2D eigenvalue weighted by molar-refractivity contribution is -0.248. The van der Waals surface area contributed by atoms with Crippen LogP contribution in [0, 0.1) is 5.92 Å². The summed E-state index contributed by atoms with van der Waals surface area (Å²) < 4.78 is 5.27. The van der Waals surface area contributed by atoms with Gasteiger partial charge >= 0.3 is 0 Å². The lowest BCUT2D eigenvalue weighted by Gasteiger charge is -2.40. The van der Waals surface area contributed by atoms with E-state index in [2.05, 4.69) is 0 Å². The van der Waals surface area contributed by atoms with Crippen LogP contribution in [-0.2, 0) is 9.57 Å². The molecule has 3 N–H and O–H groups in total. The summed E-state index contributed by atoms with van der Waals surface area (Å²) in [4.78, 5) is 5.31. The molecule has 2 rings (SSSR count). The van der Waals surface area contributed by atoms with Gasteiger partial charge in [0.25, 0.3) is 0 Å². The van der Waals surface area contributed by atoms with Gasteiger partial charge in [0.15, 0.2) is 6.29 Å². The van der Waals surface area contributed by atoms with Crippen LogP contribution in [0.3, 0.4) is 0 Å². The Labute approximate surface area is 81.6 Å². The Morgan fingerprint density at radius 1 is 1.50 bits per heavy atom. The smallest absolute Gasteiger partial charge is 0.184 e. The van der Waals surface area contributed by atoms with Gasteiger partial charge in [-0.2, -0.15) is 5.06 Å². The van der Waals surface area contributed by atoms with Gasteiger partial charge in [-0.3, -0.25) is 4.84 Å². The standard InChI is InChI=1S/C8H15NO5/c1-9-3-8(4-11)5(2-10)6(14-9)7(12)13-8/h5-7,10-12H,2-4H2,1H3/t5?,6?,7-,8-/m1/s1. The summed E-state index contributed by atoms with van der Waals surface area (Å²) in [6, 6.07) is 0. The molecule has 14 heavy (non-hydrogen) atoms. The van der Waals surface area contributed by atoms with E-state index in [4.69, 9.17) is 9.57 Å². The van der Waals surface area contributed by atoms with Crippen molar-refractivity contribution in [1.82, 2.24) is 5.06 Å².